The summed E-state index contributed by atoms with van der Waals surface area (Å²) in [7, 11) is 6.35. The van der Waals surface area contributed by atoms with E-state index in [1.165, 1.54) is 0 Å². The van der Waals surface area contributed by atoms with E-state index in [1.807, 2.05) is 24.3 Å². The third-order valence-electron chi connectivity index (χ3n) is 3.79. The Morgan fingerprint density at radius 3 is 1.58 bits per heavy atom. The average Bonchev–Trinajstić information content (AvgIpc) is 3.17. The lowest BCUT2D eigenvalue weighted by molar-refractivity contribution is 0.405. The minimum Gasteiger partial charge on any atom is -0.495 e. The Hall–Kier alpha value is -2.72. The Balaban J connectivity index is 1.68. The van der Waals surface area contributed by atoms with Crippen molar-refractivity contribution in [3.05, 3.63) is 24.3 Å². The lowest BCUT2D eigenvalue weighted by Crippen LogP contribution is -1.87. The Morgan fingerprint density at radius 2 is 1.19 bits per heavy atom. The summed E-state index contributed by atoms with van der Waals surface area (Å²) < 4.78 is 11.0. The van der Waals surface area contributed by atoms with Gasteiger partial charge in [0.1, 0.15) is 11.5 Å². The molecule has 26 heavy (non-hydrogen) atoms. The molecule has 0 aliphatic heterocycles. The molecule has 10 heteroatoms. The van der Waals surface area contributed by atoms with E-state index in [2.05, 4.69) is 19.9 Å². The van der Waals surface area contributed by atoms with Crippen LogP contribution in [-0.2, 0) is 0 Å². The van der Waals surface area contributed by atoms with Crippen LogP contribution in [0, 0.1) is 0 Å². The molecular formula is C16H16N6O2S2. The second-order valence-electron chi connectivity index (χ2n) is 5.45. The predicted octanol–water partition coefficient (Wildman–Crippen LogP) is 3.42. The van der Waals surface area contributed by atoms with Gasteiger partial charge in [-0.25, -0.2) is 9.97 Å². The van der Waals surface area contributed by atoms with Crippen molar-refractivity contribution in [1.29, 1.82) is 0 Å². The molecular weight excluding hydrogens is 372 g/mol. The van der Waals surface area contributed by atoms with E-state index in [4.69, 9.17) is 20.9 Å². The number of methoxy groups -OCH3 is 2. The number of imidazole rings is 2. The van der Waals surface area contributed by atoms with Crippen LogP contribution in [0.4, 0.5) is 11.9 Å². The van der Waals surface area contributed by atoms with Gasteiger partial charge in [0.25, 0.3) is 0 Å². The molecule has 0 atom stereocenters. The summed E-state index contributed by atoms with van der Waals surface area (Å²) in [5.74, 6) is 2.23. The molecule has 0 aliphatic rings. The summed E-state index contributed by atoms with van der Waals surface area (Å²) >= 11 is 0. The standard InChI is InChI=1S/C16H16N6O2S2/c1-23-11-3-7-9(21-15(17)19-7)5-13(11)25-26-14-6-10-8(4-12(14)24-2)20-16(18)22-10/h3-6H,1-2H3,(H3,17,19,21)(H3,18,20,22). The van der Waals surface area contributed by atoms with Gasteiger partial charge >= 0.3 is 0 Å². The molecule has 0 saturated carbocycles. The number of benzene rings is 2. The maximum Gasteiger partial charge on any atom is 0.198 e. The molecule has 0 spiro atoms. The minimum atomic E-state index is 0.375. The van der Waals surface area contributed by atoms with Gasteiger partial charge in [0.15, 0.2) is 11.9 Å². The fourth-order valence-electron chi connectivity index (χ4n) is 2.61. The van der Waals surface area contributed by atoms with Gasteiger partial charge in [-0.1, -0.05) is 0 Å². The third kappa shape index (κ3) is 2.97. The SMILES string of the molecule is COc1cc2[nH]c(N)nc2cc1SSc1cc2nc(N)[nH]c2cc1OC. The molecule has 2 heterocycles. The van der Waals surface area contributed by atoms with Crippen LogP contribution < -0.4 is 20.9 Å². The molecule has 0 bridgehead atoms. The van der Waals surface area contributed by atoms with E-state index < -0.39 is 0 Å². The molecule has 0 saturated heterocycles. The maximum atomic E-state index is 5.73. The number of hydrogen-bond donors (Lipinski definition) is 4. The predicted molar refractivity (Wildman–Crippen MR) is 106 cm³/mol. The topological polar surface area (TPSA) is 128 Å². The lowest BCUT2D eigenvalue weighted by Gasteiger charge is -2.10. The number of nitrogens with two attached hydrogens (primary N) is 2. The van der Waals surface area contributed by atoms with Gasteiger partial charge in [0.05, 0.1) is 46.1 Å². The van der Waals surface area contributed by atoms with Crippen LogP contribution in [0.15, 0.2) is 34.1 Å². The molecule has 2 aromatic carbocycles. The van der Waals surface area contributed by atoms with E-state index in [0.29, 0.717) is 11.9 Å². The normalized spacial score (nSPS) is 11.3. The van der Waals surface area contributed by atoms with Crippen LogP contribution in [0.5, 0.6) is 11.5 Å². The highest BCUT2D eigenvalue weighted by Crippen LogP contribution is 2.46. The van der Waals surface area contributed by atoms with Crippen molar-refractivity contribution >= 4 is 55.6 Å². The van der Waals surface area contributed by atoms with Gasteiger partial charge < -0.3 is 30.9 Å². The zero-order valence-corrected chi connectivity index (χ0v) is 15.6. The molecule has 0 unspecified atom stereocenters. The first-order chi connectivity index (χ1) is 12.6. The van der Waals surface area contributed by atoms with Crippen molar-refractivity contribution in [2.75, 3.05) is 25.7 Å². The van der Waals surface area contributed by atoms with Crippen molar-refractivity contribution in [1.82, 2.24) is 19.9 Å². The molecule has 134 valence electrons. The van der Waals surface area contributed by atoms with Crippen LogP contribution in [0.25, 0.3) is 22.1 Å². The van der Waals surface area contributed by atoms with Gasteiger partial charge in [0.2, 0.25) is 0 Å². The molecule has 4 rings (SSSR count). The second kappa shape index (κ2) is 6.54. The van der Waals surface area contributed by atoms with Crippen molar-refractivity contribution < 1.29 is 9.47 Å². The number of nitrogen functional groups attached to an aromatic ring is 2. The van der Waals surface area contributed by atoms with Gasteiger partial charge in [0, 0.05) is 12.1 Å². The van der Waals surface area contributed by atoms with Gasteiger partial charge in [-0.3, -0.25) is 0 Å². The number of nitrogens with one attached hydrogen (secondary N) is 2. The largest absolute Gasteiger partial charge is 0.495 e. The molecule has 2 aromatic heterocycles. The quantitative estimate of drug-likeness (QED) is 0.383. The Morgan fingerprint density at radius 1 is 0.769 bits per heavy atom. The monoisotopic (exact) mass is 388 g/mol. The molecule has 6 N–H and O–H groups in total. The zero-order chi connectivity index (χ0) is 18.3. The van der Waals surface area contributed by atoms with Crippen LogP contribution in [-0.4, -0.2) is 34.2 Å². The second-order valence-corrected chi connectivity index (χ2v) is 7.66. The number of hydrogen-bond acceptors (Lipinski definition) is 8. The highest BCUT2D eigenvalue weighted by molar-refractivity contribution is 8.76. The number of rotatable bonds is 5. The first-order valence-corrected chi connectivity index (χ1v) is 9.73. The minimum absolute atomic E-state index is 0.375. The number of ether oxygens (including phenoxy) is 2. The van der Waals surface area contributed by atoms with Crippen molar-refractivity contribution in [2.45, 2.75) is 9.79 Å². The zero-order valence-electron chi connectivity index (χ0n) is 14.0. The molecule has 8 nitrogen and oxygen atoms in total. The molecule has 0 radical (unpaired) electrons. The number of nitrogens with zero attached hydrogens (tertiary/aromatic N) is 2. The van der Waals surface area contributed by atoms with Crippen molar-refractivity contribution in [3.63, 3.8) is 0 Å². The number of aromatic amines is 2. The summed E-state index contributed by atoms with van der Waals surface area (Å²) in [6, 6.07) is 7.65. The summed E-state index contributed by atoms with van der Waals surface area (Å²) in [4.78, 5) is 16.4. The van der Waals surface area contributed by atoms with Crippen LogP contribution in [0.1, 0.15) is 0 Å². The summed E-state index contributed by atoms with van der Waals surface area (Å²) in [5.41, 5.74) is 14.7. The fourth-order valence-corrected chi connectivity index (χ4v) is 4.88. The number of H-pyrrole nitrogens is 2. The number of fused-ring (bicyclic) bond motifs is 2. The Kier molecular flexibility index (Phi) is 4.21. The van der Waals surface area contributed by atoms with Crippen molar-refractivity contribution in [2.24, 2.45) is 0 Å². The smallest absolute Gasteiger partial charge is 0.198 e. The van der Waals surface area contributed by atoms with E-state index >= 15 is 0 Å². The van der Waals surface area contributed by atoms with Crippen LogP contribution >= 0.6 is 21.6 Å². The Labute approximate surface area is 156 Å². The highest BCUT2D eigenvalue weighted by atomic mass is 33.1. The van der Waals surface area contributed by atoms with Gasteiger partial charge in [-0.2, -0.15) is 0 Å². The highest BCUT2D eigenvalue weighted by Gasteiger charge is 2.14. The van der Waals surface area contributed by atoms with Gasteiger partial charge in [-0.15, -0.1) is 0 Å². The van der Waals surface area contributed by atoms with E-state index in [1.54, 1.807) is 35.8 Å². The average molecular weight is 388 g/mol. The fraction of sp³-hybridized carbons (Fsp3) is 0.125. The molecule has 0 amide bonds. The number of anilines is 2. The summed E-state index contributed by atoms with van der Waals surface area (Å²) in [5, 5.41) is 0. The van der Waals surface area contributed by atoms with E-state index in [9.17, 15) is 0 Å². The van der Waals surface area contributed by atoms with Gasteiger partial charge in [-0.05, 0) is 33.7 Å². The first kappa shape index (κ1) is 16.7. The van der Waals surface area contributed by atoms with E-state index in [-0.39, 0.29) is 0 Å². The third-order valence-corrected chi connectivity index (χ3v) is 6.20. The number of aromatic nitrogens is 4. The maximum absolute atomic E-state index is 5.73. The first-order valence-electron chi connectivity index (χ1n) is 7.58. The molecule has 0 fully saturated rings. The lowest BCUT2D eigenvalue weighted by atomic mass is 10.3. The summed E-state index contributed by atoms with van der Waals surface area (Å²) in [6.07, 6.45) is 0. The van der Waals surface area contributed by atoms with Crippen molar-refractivity contribution in [3.8, 4) is 11.5 Å². The molecule has 4 aromatic rings. The van der Waals surface area contributed by atoms with E-state index in [0.717, 1.165) is 43.4 Å². The van der Waals surface area contributed by atoms with Crippen LogP contribution in [0.3, 0.4) is 0 Å². The van der Waals surface area contributed by atoms with Crippen LogP contribution in [0.2, 0.25) is 0 Å². The summed E-state index contributed by atoms with van der Waals surface area (Å²) in [6.45, 7) is 0. The Bertz CT molecular complexity index is 1020. The molecule has 0 aliphatic carbocycles.